The molecule has 1 aliphatic carbocycles. The summed E-state index contributed by atoms with van der Waals surface area (Å²) in [6.07, 6.45) is 2.30. The van der Waals surface area contributed by atoms with Crippen molar-refractivity contribution in [2.45, 2.75) is 23.8 Å². The van der Waals surface area contributed by atoms with E-state index in [2.05, 4.69) is 0 Å². The molecule has 1 atom stereocenters. The van der Waals surface area contributed by atoms with Crippen molar-refractivity contribution in [1.29, 1.82) is 0 Å². The maximum absolute atomic E-state index is 14.1. The van der Waals surface area contributed by atoms with Crippen LogP contribution in [0.1, 0.15) is 12.8 Å². The van der Waals surface area contributed by atoms with E-state index in [-0.39, 0.29) is 16.7 Å². The van der Waals surface area contributed by atoms with E-state index in [9.17, 15) is 12.8 Å². The minimum Gasteiger partial charge on any atom is -0.374 e. The van der Waals surface area contributed by atoms with Crippen LogP contribution in [0.25, 0.3) is 0 Å². The van der Waals surface area contributed by atoms with E-state index in [1.54, 1.807) is 4.90 Å². The van der Waals surface area contributed by atoms with Crippen molar-refractivity contribution < 1.29 is 17.5 Å². The number of nitrogens with two attached hydrogens (primary N) is 1. The average molecular weight is 300 g/mol. The van der Waals surface area contributed by atoms with Crippen molar-refractivity contribution in [2.75, 3.05) is 24.6 Å². The zero-order valence-corrected chi connectivity index (χ0v) is 11.8. The molecule has 0 amide bonds. The number of hydrogen-bond donors (Lipinski definition) is 1. The molecule has 2 aliphatic rings. The minimum atomic E-state index is -3.95. The molecule has 1 heterocycles. The Kier molecular flexibility index (Phi) is 3.43. The largest absolute Gasteiger partial charge is 0.374 e. The number of para-hydroxylation sites is 1. The lowest BCUT2D eigenvalue weighted by atomic mass is 10.1. The highest BCUT2D eigenvalue weighted by molar-refractivity contribution is 7.89. The molecule has 1 saturated heterocycles. The molecule has 1 saturated carbocycles. The summed E-state index contributed by atoms with van der Waals surface area (Å²) in [6.45, 7) is 1.44. The van der Waals surface area contributed by atoms with E-state index in [0.29, 0.717) is 25.6 Å². The van der Waals surface area contributed by atoms with Crippen molar-refractivity contribution in [3.8, 4) is 0 Å². The maximum atomic E-state index is 14.1. The Morgan fingerprint density at radius 1 is 1.35 bits per heavy atom. The summed E-state index contributed by atoms with van der Waals surface area (Å²) in [5.74, 6) is -0.0459. The first-order chi connectivity index (χ1) is 9.47. The molecule has 2 N–H and O–H groups in total. The van der Waals surface area contributed by atoms with Gasteiger partial charge in [-0.15, -0.1) is 0 Å². The third kappa shape index (κ3) is 2.65. The molecular formula is C13H17FN2O3S. The van der Waals surface area contributed by atoms with Crippen molar-refractivity contribution in [1.82, 2.24) is 0 Å². The second-order valence-electron chi connectivity index (χ2n) is 5.32. The standard InChI is InChI=1S/C13H17FN2O3S/c14-10-2-1-3-12(20(15,17)18)13(10)16-6-7-19-11(8-16)9-4-5-9/h1-3,9,11H,4-8H2,(H2,15,17,18). The molecule has 0 spiro atoms. The van der Waals surface area contributed by atoms with Crippen LogP contribution >= 0.6 is 0 Å². The first-order valence-electron chi connectivity index (χ1n) is 6.64. The van der Waals surface area contributed by atoms with Gasteiger partial charge >= 0.3 is 0 Å². The molecule has 3 rings (SSSR count). The fourth-order valence-corrected chi connectivity index (χ4v) is 3.43. The van der Waals surface area contributed by atoms with Gasteiger partial charge in [0.1, 0.15) is 10.7 Å². The molecule has 7 heteroatoms. The second kappa shape index (κ2) is 4.98. The van der Waals surface area contributed by atoms with Gasteiger partial charge in [0.25, 0.3) is 0 Å². The van der Waals surface area contributed by atoms with E-state index in [1.165, 1.54) is 18.2 Å². The van der Waals surface area contributed by atoms with Crippen LogP contribution in [0.3, 0.4) is 0 Å². The predicted octanol–water partition coefficient (Wildman–Crippen LogP) is 1.09. The summed E-state index contributed by atoms with van der Waals surface area (Å²) >= 11 is 0. The summed E-state index contributed by atoms with van der Waals surface area (Å²) in [5.41, 5.74) is 0.0731. The van der Waals surface area contributed by atoms with Crippen molar-refractivity contribution in [3.63, 3.8) is 0 Å². The Morgan fingerprint density at radius 3 is 2.75 bits per heavy atom. The summed E-state index contributed by atoms with van der Waals surface area (Å²) in [7, 11) is -3.95. The van der Waals surface area contributed by atoms with Crippen LogP contribution in [0, 0.1) is 11.7 Å². The molecule has 20 heavy (non-hydrogen) atoms. The number of benzene rings is 1. The lowest BCUT2D eigenvalue weighted by molar-refractivity contribution is 0.0260. The zero-order chi connectivity index (χ0) is 14.3. The first-order valence-corrected chi connectivity index (χ1v) is 8.19. The summed E-state index contributed by atoms with van der Waals surface area (Å²) in [6, 6.07) is 3.96. The number of hydrogen-bond acceptors (Lipinski definition) is 4. The van der Waals surface area contributed by atoms with Crippen LogP contribution in [0.4, 0.5) is 10.1 Å². The lowest BCUT2D eigenvalue weighted by Gasteiger charge is -2.35. The van der Waals surface area contributed by atoms with Crippen molar-refractivity contribution >= 4 is 15.7 Å². The quantitative estimate of drug-likeness (QED) is 0.907. The second-order valence-corrected chi connectivity index (χ2v) is 6.85. The first kappa shape index (κ1) is 13.8. The molecule has 5 nitrogen and oxygen atoms in total. The highest BCUT2D eigenvalue weighted by Crippen LogP contribution is 2.37. The maximum Gasteiger partial charge on any atom is 0.240 e. The third-order valence-corrected chi connectivity index (χ3v) is 4.76. The van der Waals surface area contributed by atoms with Crippen molar-refractivity contribution in [2.24, 2.45) is 11.1 Å². The number of rotatable bonds is 3. The van der Waals surface area contributed by atoms with Crippen LogP contribution in [-0.2, 0) is 14.8 Å². The fourth-order valence-electron chi connectivity index (χ4n) is 2.66. The van der Waals surface area contributed by atoms with Crippen LogP contribution in [0.15, 0.2) is 23.1 Å². The van der Waals surface area contributed by atoms with Gasteiger partial charge in [0.05, 0.1) is 18.4 Å². The van der Waals surface area contributed by atoms with E-state index >= 15 is 0 Å². The van der Waals surface area contributed by atoms with Crippen LogP contribution < -0.4 is 10.0 Å². The van der Waals surface area contributed by atoms with E-state index in [1.807, 2.05) is 0 Å². The van der Waals surface area contributed by atoms with E-state index in [4.69, 9.17) is 9.88 Å². The molecule has 1 aliphatic heterocycles. The minimum absolute atomic E-state index is 0.0525. The Bertz CT molecular complexity index is 616. The molecule has 0 radical (unpaired) electrons. The zero-order valence-electron chi connectivity index (χ0n) is 11.0. The Hall–Kier alpha value is -1.18. The molecule has 1 aromatic carbocycles. The lowest BCUT2D eigenvalue weighted by Crippen LogP contribution is -2.44. The van der Waals surface area contributed by atoms with Crippen molar-refractivity contribution in [3.05, 3.63) is 24.0 Å². The number of anilines is 1. The highest BCUT2D eigenvalue weighted by atomic mass is 32.2. The van der Waals surface area contributed by atoms with Gasteiger partial charge in [-0.1, -0.05) is 6.07 Å². The van der Waals surface area contributed by atoms with Gasteiger partial charge in [-0.3, -0.25) is 0 Å². The number of ether oxygens (including phenoxy) is 1. The smallest absolute Gasteiger partial charge is 0.240 e. The van der Waals surface area contributed by atoms with Crippen LogP contribution in [-0.4, -0.2) is 34.2 Å². The summed E-state index contributed by atoms with van der Waals surface area (Å²) in [4.78, 5) is 1.58. The molecular weight excluding hydrogens is 283 g/mol. The molecule has 1 unspecified atom stereocenters. The van der Waals surface area contributed by atoms with Gasteiger partial charge in [0.15, 0.2) is 0 Å². The number of sulfonamides is 1. The molecule has 0 bridgehead atoms. The fraction of sp³-hybridized carbons (Fsp3) is 0.538. The normalized spacial score (nSPS) is 23.9. The van der Waals surface area contributed by atoms with E-state index < -0.39 is 15.8 Å². The SMILES string of the molecule is NS(=O)(=O)c1cccc(F)c1N1CCOC(C2CC2)C1. The number of morpholine rings is 1. The molecule has 110 valence electrons. The highest BCUT2D eigenvalue weighted by Gasteiger charge is 2.36. The molecule has 0 aromatic heterocycles. The number of halogens is 1. The average Bonchev–Trinajstić information content (AvgIpc) is 3.22. The summed E-state index contributed by atoms with van der Waals surface area (Å²) in [5, 5.41) is 5.19. The van der Waals surface area contributed by atoms with Gasteiger partial charge in [-0.25, -0.2) is 17.9 Å². The third-order valence-electron chi connectivity index (χ3n) is 3.81. The van der Waals surface area contributed by atoms with Gasteiger partial charge < -0.3 is 9.64 Å². The number of primary sulfonamides is 1. The van der Waals surface area contributed by atoms with Crippen LogP contribution in [0.2, 0.25) is 0 Å². The molecule has 1 aromatic rings. The monoisotopic (exact) mass is 300 g/mol. The topological polar surface area (TPSA) is 72.6 Å². The Morgan fingerprint density at radius 2 is 2.10 bits per heavy atom. The van der Waals surface area contributed by atoms with Crippen LogP contribution in [0.5, 0.6) is 0 Å². The Labute approximate surface area is 117 Å². The van der Waals surface area contributed by atoms with Gasteiger partial charge in [-0.05, 0) is 30.9 Å². The molecule has 2 fully saturated rings. The number of nitrogens with zero attached hydrogens (tertiary/aromatic N) is 1. The van der Waals surface area contributed by atoms with E-state index in [0.717, 1.165) is 12.8 Å². The summed E-state index contributed by atoms with van der Waals surface area (Å²) < 4.78 is 43.0. The van der Waals surface area contributed by atoms with Gasteiger partial charge in [0, 0.05) is 13.1 Å². The van der Waals surface area contributed by atoms with Gasteiger partial charge in [0.2, 0.25) is 10.0 Å². The Balaban J connectivity index is 1.96. The van der Waals surface area contributed by atoms with Gasteiger partial charge in [-0.2, -0.15) is 0 Å². The predicted molar refractivity (Wildman–Crippen MR) is 72.5 cm³/mol.